The van der Waals surface area contributed by atoms with Crippen LogP contribution in [0.25, 0.3) is 22.2 Å². The van der Waals surface area contributed by atoms with Crippen molar-refractivity contribution in [2.24, 2.45) is 0 Å². The first kappa shape index (κ1) is 17.0. The average Bonchev–Trinajstić information content (AvgIpc) is 3.15. The quantitative estimate of drug-likeness (QED) is 0.456. The fourth-order valence-electron chi connectivity index (χ4n) is 2.99. The van der Waals surface area contributed by atoms with Crippen molar-refractivity contribution in [1.29, 1.82) is 0 Å². The molecule has 0 aliphatic rings. The molecule has 0 unspecified atom stereocenters. The number of H-pyrrole nitrogens is 1. The van der Waals surface area contributed by atoms with E-state index in [1.165, 1.54) is 11.1 Å². The van der Waals surface area contributed by atoms with Crippen molar-refractivity contribution in [3.63, 3.8) is 0 Å². The Kier molecular flexibility index (Phi) is 4.68. The highest BCUT2D eigenvalue weighted by Crippen LogP contribution is 2.20. The predicted molar refractivity (Wildman–Crippen MR) is 107 cm³/mol. The summed E-state index contributed by atoms with van der Waals surface area (Å²) in [6, 6.07) is 23.8. The molecule has 0 bridgehead atoms. The van der Waals surface area contributed by atoms with E-state index in [0.717, 1.165) is 16.6 Å². The van der Waals surface area contributed by atoms with E-state index >= 15 is 0 Å². The van der Waals surface area contributed by atoms with E-state index in [1.54, 1.807) is 18.2 Å². The van der Waals surface area contributed by atoms with Crippen molar-refractivity contribution in [3.8, 4) is 11.1 Å². The summed E-state index contributed by atoms with van der Waals surface area (Å²) in [5, 5.41) is 12.3. The van der Waals surface area contributed by atoms with Gasteiger partial charge in [-0.15, -0.1) is 0 Å². The first-order valence-electron chi connectivity index (χ1n) is 8.75. The maximum Gasteiger partial charge on any atom is 0.201 e. The van der Waals surface area contributed by atoms with Crippen molar-refractivity contribution >= 4 is 22.8 Å². The minimum Gasteiger partial charge on any atom is -0.388 e. The SMILES string of the molecule is O=C(CO)c1ccc2nc(NCc3ccc(-c4ccccc4)cc3)[nH]c2c1. The lowest BCUT2D eigenvalue weighted by Crippen LogP contribution is -2.03. The fraction of sp³-hybridized carbons (Fsp3) is 0.0909. The molecule has 4 aromatic rings. The molecule has 1 aromatic heterocycles. The number of carbonyl (C=O) groups is 1. The van der Waals surface area contributed by atoms with E-state index in [4.69, 9.17) is 5.11 Å². The van der Waals surface area contributed by atoms with E-state index in [0.29, 0.717) is 18.1 Å². The number of rotatable bonds is 6. The number of aliphatic hydroxyl groups excluding tert-OH is 1. The molecular weight excluding hydrogens is 338 g/mol. The number of Topliss-reactive ketones (excluding diaryl/α,β-unsaturated/α-hetero) is 1. The molecule has 0 aliphatic carbocycles. The number of ketones is 1. The summed E-state index contributed by atoms with van der Waals surface area (Å²) >= 11 is 0. The summed E-state index contributed by atoms with van der Waals surface area (Å²) in [6.45, 7) is 0.140. The number of nitrogens with one attached hydrogen (secondary N) is 2. The van der Waals surface area contributed by atoms with Crippen LogP contribution >= 0.6 is 0 Å². The highest BCUT2D eigenvalue weighted by Gasteiger charge is 2.08. The molecule has 134 valence electrons. The zero-order valence-corrected chi connectivity index (χ0v) is 14.6. The third-order valence-corrected chi connectivity index (χ3v) is 4.47. The number of fused-ring (bicyclic) bond motifs is 1. The normalized spacial score (nSPS) is 10.9. The summed E-state index contributed by atoms with van der Waals surface area (Å²) in [7, 11) is 0. The van der Waals surface area contributed by atoms with Crippen LogP contribution in [-0.4, -0.2) is 27.5 Å². The molecule has 0 radical (unpaired) electrons. The lowest BCUT2D eigenvalue weighted by Gasteiger charge is -2.05. The topological polar surface area (TPSA) is 78.0 Å². The van der Waals surface area contributed by atoms with Crippen molar-refractivity contribution in [3.05, 3.63) is 83.9 Å². The van der Waals surface area contributed by atoms with Crippen LogP contribution in [0.3, 0.4) is 0 Å². The Bertz CT molecular complexity index is 1070. The highest BCUT2D eigenvalue weighted by atomic mass is 16.3. The number of carbonyl (C=O) groups excluding carboxylic acids is 1. The number of nitrogens with zero attached hydrogens (tertiary/aromatic N) is 1. The van der Waals surface area contributed by atoms with Gasteiger partial charge in [0.25, 0.3) is 0 Å². The molecule has 0 saturated heterocycles. The van der Waals surface area contributed by atoms with Crippen LogP contribution in [0.1, 0.15) is 15.9 Å². The zero-order valence-electron chi connectivity index (χ0n) is 14.6. The Morgan fingerprint density at radius 1 is 0.963 bits per heavy atom. The Morgan fingerprint density at radius 3 is 2.44 bits per heavy atom. The second-order valence-electron chi connectivity index (χ2n) is 6.32. The molecule has 27 heavy (non-hydrogen) atoms. The maximum absolute atomic E-state index is 11.6. The van der Waals surface area contributed by atoms with Crippen molar-refractivity contribution in [2.75, 3.05) is 11.9 Å². The third-order valence-electron chi connectivity index (χ3n) is 4.47. The summed E-state index contributed by atoms with van der Waals surface area (Å²) < 4.78 is 0. The molecule has 5 nitrogen and oxygen atoms in total. The van der Waals surface area contributed by atoms with Crippen LogP contribution in [0.15, 0.2) is 72.8 Å². The van der Waals surface area contributed by atoms with Crippen LogP contribution in [0, 0.1) is 0 Å². The second-order valence-corrected chi connectivity index (χ2v) is 6.32. The smallest absolute Gasteiger partial charge is 0.201 e. The Balaban J connectivity index is 1.46. The van der Waals surface area contributed by atoms with Gasteiger partial charge in [-0.05, 0) is 34.9 Å². The summed E-state index contributed by atoms with van der Waals surface area (Å²) in [4.78, 5) is 19.2. The molecule has 3 N–H and O–H groups in total. The zero-order chi connectivity index (χ0) is 18.6. The molecule has 4 rings (SSSR count). The van der Waals surface area contributed by atoms with Gasteiger partial charge < -0.3 is 15.4 Å². The Hall–Kier alpha value is -3.44. The van der Waals surface area contributed by atoms with E-state index in [2.05, 4.69) is 51.7 Å². The average molecular weight is 357 g/mol. The lowest BCUT2D eigenvalue weighted by atomic mass is 10.0. The number of anilines is 1. The van der Waals surface area contributed by atoms with E-state index in [9.17, 15) is 4.79 Å². The number of benzene rings is 3. The first-order valence-corrected chi connectivity index (χ1v) is 8.75. The van der Waals surface area contributed by atoms with Crippen molar-refractivity contribution in [2.45, 2.75) is 6.54 Å². The monoisotopic (exact) mass is 357 g/mol. The summed E-state index contributed by atoms with van der Waals surface area (Å²) in [5.41, 5.74) is 5.53. The molecule has 5 heteroatoms. The van der Waals surface area contributed by atoms with Crippen LogP contribution < -0.4 is 5.32 Å². The van der Waals surface area contributed by atoms with Gasteiger partial charge in [-0.3, -0.25) is 4.79 Å². The van der Waals surface area contributed by atoms with Gasteiger partial charge in [-0.1, -0.05) is 54.6 Å². The van der Waals surface area contributed by atoms with E-state index < -0.39 is 6.61 Å². The van der Waals surface area contributed by atoms with Gasteiger partial charge in [0.15, 0.2) is 5.78 Å². The number of aromatic nitrogens is 2. The second kappa shape index (κ2) is 7.43. The molecular formula is C22H19N3O2. The Morgan fingerprint density at radius 2 is 1.70 bits per heavy atom. The number of hydrogen-bond donors (Lipinski definition) is 3. The summed E-state index contributed by atoms with van der Waals surface area (Å²) in [5.74, 6) is 0.338. The largest absolute Gasteiger partial charge is 0.388 e. The summed E-state index contributed by atoms with van der Waals surface area (Å²) in [6.07, 6.45) is 0. The van der Waals surface area contributed by atoms with E-state index in [-0.39, 0.29) is 5.78 Å². The van der Waals surface area contributed by atoms with Gasteiger partial charge in [0, 0.05) is 12.1 Å². The molecule has 1 heterocycles. The standard InChI is InChI=1S/C22H19N3O2/c26-14-21(27)18-10-11-19-20(12-18)25-22(24-19)23-13-15-6-8-17(9-7-15)16-4-2-1-3-5-16/h1-12,26H,13-14H2,(H2,23,24,25). The number of aromatic amines is 1. The molecule has 3 aromatic carbocycles. The molecule has 0 fully saturated rings. The first-order chi connectivity index (χ1) is 13.2. The predicted octanol–water partition coefficient (Wildman–Crippen LogP) is 4.02. The molecule has 0 saturated carbocycles. The van der Waals surface area contributed by atoms with Gasteiger partial charge in [0.05, 0.1) is 11.0 Å². The molecule has 0 amide bonds. The molecule has 0 aliphatic heterocycles. The number of aliphatic hydroxyl groups is 1. The van der Waals surface area contributed by atoms with Crippen LogP contribution in [0.2, 0.25) is 0 Å². The molecule has 0 spiro atoms. The third kappa shape index (κ3) is 3.73. The molecule has 0 atom stereocenters. The fourth-order valence-corrected chi connectivity index (χ4v) is 2.99. The number of imidazole rings is 1. The van der Waals surface area contributed by atoms with Crippen LogP contribution in [-0.2, 0) is 6.54 Å². The van der Waals surface area contributed by atoms with E-state index in [1.807, 2.05) is 18.2 Å². The van der Waals surface area contributed by atoms with Gasteiger partial charge >= 0.3 is 0 Å². The van der Waals surface area contributed by atoms with Crippen LogP contribution in [0.4, 0.5) is 5.95 Å². The van der Waals surface area contributed by atoms with Gasteiger partial charge in [0.1, 0.15) is 6.61 Å². The lowest BCUT2D eigenvalue weighted by molar-refractivity contribution is 0.0904. The van der Waals surface area contributed by atoms with Crippen LogP contribution in [0.5, 0.6) is 0 Å². The maximum atomic E-state index is 11.6. The van der Waals surface area contributed by atoms with Gasteiger partial charge in [-0.25, -0.2) is 4.98 Å². The van der Waals surface area contributed by atoms with Crippen molar-refractivity contribution in [1.82, 2.24) is 9.97 Å². The minimum atomic E-state index is -0.496. The van der Waals surface area contributed by atoms with Gasteiger partial charge in [-0.2, -0.15) is 0 Å². The minimum absolute atomic E-state index is 0.306. The highest BCUT2D eigenvalue weighted by molar-refractivity contribution is 5.99. The number of hydrogen-bond acceptors (Lipinski definition) is 4. The van der Waals surface area contributed by atoms with Gasteiger partial charge in [0.2, 0.25) is 5.95 Å². The van der Waals surface area contributed by atoms with Crippen molar-refractivity contribution < 1.29 is 9.90 Å². The Labute approximate surface area is 156 Å².